The third-order valence-corrected chi connectivity index (χ3v) is 1.99. The van der Waals surface area contributed by atoms with Gasteiger partial charge < -0.3 is 4.98 Å². The summed E-state index contributed by atoms with van der Waals surface area (Å²) in [5.41, 5.74) is 0.524. The Balaban J connectivity index is 2.88. The van der Waals surface area contributed by atoms with E-state index in [1.807, 2.05) is 6.92 Å². The number of fused-ring (bicyclic) bond motifs is 1. The van der Waals surface area contributed by atoms with Crippen LogP contribution in [0.4, 0.5) is 0 Å². The smallest absolute Gasteiger partial charge is 0.262 e. The molecule has 13 heavy (non-hydrogen) atoms. The van der Waals surface area contributed by atoms with Gasteiger partial charge in [0.15, 0.2) is 5.65 Å². The average Bonchev–Trinajstić information content (AvgIpc) is 2.48. The molecule has 0 saturated carbocycles. The summed E-state index contributed by atoms with van der Waals surface area (Å²) in [7, 11) is 1.77. The molecule has 68 valence electrons. The minimum absolute atomic E-state index is 0.116. The fraction of sp³-hybridized carbons (Fsp3) is 0.375. The Kier molecular flexibility index (Phi) is 1.65. The molecule has 0 unspecified atom stereocenters. The lowest BCUT2D eigenvalue weighted by atomic mass is 10.4. The monoisotopic (exact) mass is 178 g/mol. The number of hydrogen-bond acceptors (Lipinski definition) is 3. The second-order valence-electron chi connectivity index (χ2n) is 2.87. The van der Waals surface area contributed by atoms with Gasteiger partial charge in [-0.15, -0.1) is 0 Å². The topological polar surface area (TPSA) is 63.6 Å². The van der Waals surface area contributed by atoms with Crippen LogP contribution in [0.2, 0.25) is 0 Å². The van der Waals surface area contributed by atoms with Crippen LogP contribution < -0.4 is 5.56 Å². The first-order valence-electron chi connectivity index (χ1n) is 4.13. The number of aromatic nitrogens is 4. The van der Waals surface area contributed by atoms with Gasteiger partial charge in [0.2, 0.25) is 0 Å². The zero-order chi connectivity index (χ0) is 9.42. The summed E-state index contributed by atoms with van der Waals surface area (Å²) in [6, 6.07) is 0. The lowest BCUT2D eigenvalue weighted by molar-refractivity contribution is 0.779. The standard InChI is InChI=1S/C8H10N4O/c1-3-6-10-7-5(8(13)11-6)4-9-12(7)2/h4H,3H2,1-2H3,(H,10,11,13). The highest BCUT2D eigenvalue weighted by Gasteiger charge is 2.05. The molecule has 0 bridgehead atoms. The van der Waals surface area contributed by atoms with Gasteiger partial charge in [0.25, 0.3) is 5.56 Å². The third-order valence-electron chi connectivity index (χ3n) is 1.99. The molecular weight excluding hydrogens is 168 g/mol. The van der Waals surface area contributed by atoms with Crippen LogP contribution in [0.15, 0.2) is 11.0 Å². The molecule has 2 rings (SSSR count). The fourth-order valence-corrected chi connectivity index (χ4v) is 1.25. The Morgan fingerprint density at radius 3 is 3.08 bits per heavy atom. The molecule has 0 aliphatic rings. The molecular formula is C8H10N4O. The first kappa shape index (κ1) is 7.97. The van der Waals surface area contributed by atoms with Crippen molar-refractivity contribution in [3.63, 3.8) is 0 Å². The van der Waals surface area contributed by atoms with E-state index in [4.69, 9.17) is 0 Å². The van der Waals surface area contributed by atoms with E-state index in [-0.39, 0.29) is 5.56 Å². The van der Waals surface area contributed by atoms with Crippen LogP contribution in [0.25, 0.3) is 11.0 Å². The van der Waals surface area contributed by atoms with Crippen LogP contribution >= 0.6 is 0 Å². The lowest BCUT2D eigenvalue weighted by Crippen LogP contribution is -2.11. The van der Waals surface area contributed by atoms with Crippen molar-refractivity contribution < 1.29 is 0 Å². The van der Waals surface area contributed by atoms with Crippen molar-refractivity contribution in [2.24, 2.45) is 7.05 Å². The zero-order valence-corrected chi connectivity index (χ0v) is 7.53. The van der Waals surface area contributed by atoms with Crippen molar-refractivity contribution in [2.75, 3.05) is 0 Å². The summed E-state index contributed by atoms with van der Waals surface area (Å²) in [5.74, 6) is 0.695. The first-order chi connectivity index (χ1) is 6.22. The molecule has 0 atom stereocenters. The third kappa shape index (κ3) is 1.12. The van der Waals surface area contributed by atoms with Gasteiger partial charge in [-0.2, -0.15) is 5.10 Å². The van der Waals surface area contributed by atoms with Crippen molar-refractivity contribution in [1.29, 1.82) is 0 Å². The zero-order valence-electron chi connectivity index (χ0n) is 7.53. The van der Waals surface area contributed by atoms with Crippen molar-refractivity contribution in [3.8, 4) is 0 Å². The van der Waals surface area contributed by atoms with E-state index in [1.165, 1.54) is 6.20 Å². The molecule has 1 N–H and O–H groups in total. The van der Waals surface area contributed by atoms with E-state index in [2.05, 4.69) is 15.1 Å². The maximum Gasteiger partial charge on any atom is 0.262 e. The van der Waals surface area contributed by atoms with Crippen LogP contribution in [0.5, 0.6) is 0 Å². The molecule has 5 heteroatoms. The molecule has 0 amide bonds. The maximum absolute atomic E-state index is 11.4. The van der Waals surface area contributed by atoms with E-state index >= 15 is 0 Å². The molecule has 2 heterocycles. The van der Waals surface area contributed by atoms with Gasteiger partial charge >= 0.3 is 0 Å². The Labute approximate surface area is 74.4 Å². The van der Waals surface area contributed by atoms with Crippen LogP contribution in [-0.2, 0) is 13.5 Å². The number of aryl methyl sites for hydroxylation is 2. The second-order valence-corrected chi connectivity index (χ2v) is 2.87. The number of nitrogens with zero attached hydrogens (tertiary/aromatic N) is 3. The van der Waals surface area contributed by atoms with Crippen LogP contribution in [0.1, 0.15) is 12.7 Å². The predicted octanol–water partition coefficient (Wildman–Crippen LogP) is 0.219. The molecule has 5 nitrogen and oxygen atoms in total. The SMILES string of the molecule is CCc1nc2c(cnn2C)c(=O)[nH]1. The molecule has 2 aromatic rings. The summed E-state index contributed by atoms with van der Waals surface area (Å²) in [6.07, 6.45) is 2.25. The van der Waals surface area contributed by atoms with Gasteiger partial charge in [-0.3, -0.25) is 9.48 Å². The summed E-state index contributed by atoms with van der Waals surface area (Å²) in [5, 5.41) is 4.51. The van der Waals surface area contributed by atoms with Gasteiger partial charge in [-0.05, 0) is 0 Å². The fourth-order valence-electron chi connectivity index (χ4n) is 1.25. The van der Waals surface area contributed by atoms with E-state index in [1.54, 1.807) is 11.7 Å². The molecule has 0 aliphatic carbocycles. The maximum atomic E-state index is 11.4. The normalized spacial score (nSPS) is 10.9. The number of H-pyrrole nitrogens is 1. The van der Waals surface area contributed by atoms with E-state index < -0.39 is 0 Å². The highest BCUT2D eigenvalue weighted by atomic mass is 16.1. The van der Waals surface area contributed by atoms with Gasteiger partial charge in [0, 0.05) is 13.5 Å². The lowest BCUT2D eigenvalue weighted by Gasteiger charge is -1.96. The van der Waals surface area contributed by atoms with E-state index in [9.17, 15) is 4.79 Å². The molecule has 0 saturated heterocycles. The van der Waals surface area contributed by atoms with Crippen LogP contribution in [0, 0.1) is 0 Å². The van der Waals surface area contributed by atoms with Gasteiger partial charge in [-0.1, -0.05) is 6.92 Å². The van der Waals surface area contributed by atoms with Crippen LogP contribution in [-0.4, -0.2) is 19.7 Å². The summed E-state index contributed by atoms with van der Waals surface area (Å²) < 4.78 is 1.60. The van der Waals surface area contributed by atoms with Crippen molar-refractivity contribution in [3.05, 3.63) is 22.4 Å². The Hall–Kier alpha value is -1.65. The molecule has 0 fully saturated rings. The minimum Gasteiger partial charge on any atom is -0.310 e. The average molecular weight is 178 g/mol. The summed E-state index contributed by atoms with van der Waals surface area (Å²) in [6.45, 7) is 1.94. The number of nitrogens with one attached hydrogen (secondary N) is 1. The van der Waals surface area contributed by atoms with E-state index in [0.717, 1.165) is 6.42 Å². The second kappa shape index (κ2) is 2.69. The molecule has 0 aromatic carbocycles. The Morgan fingerprint density at radius 2 is 2.38 bits per heavy atom. The summed E-state index contributed by atoms with van der Waals surface area (Å²) in [4.78, 5) is 18.4. The largest absolute Gasteiger partial charge is 0.310 e. The number of hydrogen-bond donors (Lipinski definition) is 1. The minimum atomic E-state index is -0.116. The van der Waals surface area contributed by atoms with Crippen molar-refractivity contribution >= 4 is 11.0 Å². The molecule has 0 spiro atoms. The van der Waals surface area contributed by atoms with Crippen LogP contribution in [0.3, 0.4) is 0 Å². The quantitative estimate of drug-likeness (QED) is 0.679. The molecule has 0 radical (unpaired) electrons. The molecule has 0 aliphatic heterocycles. The van der Waals surface area contributed by atoms with Gasteiger partial charge in [0.05, 0.1) is 6.20 Å². The summed E-state index contributed by atoms with van der Waals surface area (Å²) >= 11 is 0. The number of rotatable bonds is 1. The van der Waals surface area contributed by atoms with E-state index in [0.29, 0.717) is 16.9 Å². The Morgan fingerprint density at radius 1 is 1.62 bits per heavy atom. The van der Waals surface area contributed by atoms with Gasteiger partial charge in [-0.25, -0.2) is 4.98 Å². The predicted molar refractivity (Wildman–Crippen MR) is 48.5 cm³/mol. The molecule has 2 aromatic heterocycles. The van der Waals surface area contributed by atoms with Crippen molar-refractivity contribution in [2.45, 2.75) is 13.3 Å². The highest BCUT2D eigenvalue weighted by Crippen LogP contribution is 2.03. The van der Waals surface area contributed by atoms with Gasteiger partial charge in [0.1, 0.15) is 11.2 Å². The first-order valence-corrected chi connectivity index (χ1v) is 4.13. The highest BCUT2D eigenvalue weighted by molar-refractivity contribution is 5.72. The Bertz CT molecular complexity index is 496. The number of aromatic amines is 1. The van der Waals surface area contributed by atoms with Crippen molar-refractivity contribution in [1.82, 2.24) is 19.7 Å².